The van der Waals surface area contributed by atoms with Crippen molar-refractivity contribution >= 4 is 33.7 Å². The van der Waals surface area contributed by atoms with Crippen molar-refractivity contribution in [2.75, 3.05) is 13.1 Å². The first-order valence-electron chi connectivity index (χ1n) is 11.9. The van der Waals surface area contributed by atoms with E-state index in [1.165, 1.54) is 0 Å². The number of benzene rings is 1. The molecule has 0 aliphatic carbocycles. The Balaban J connectivity index is 1.90. The van der Waals surface area contributed by atoms with Gasteiger partial charge >= 0.3 is 6.61 Å². The highest BCUT2D eigenvalue weighted by Gasteiger charge is 2.28. The van der Waals surface area contributed by atoms with Gasteiger partial charge in [0.05, 0.1) is 10.7 Å². The van der Waals surface area contributed by atoms with E-state index in [1.54, 1.807) is 16.8 Å². The van der Waals surface area contributed by atoms with Crippen LogP contribution >= 0.6 is 27.7 Å². The van der Waals surface area contributed by atoms with Crippen molar-refractivity contribution in [1.29, 1.82) is 0 Å². The van der Waals surface area contributed by atoms with Gasteiger partial charge in [0.25, 0.3) is 5.91 Å². The van der Waals surface area contributed by atoms with E-state index < -0.39 is 12.5 Å². The van der Waals surface area contributed by atoms with Gasteiger partial charge in [0.1, 0.15) is 5.75 Å². The molecule has 10 heteroatoms. The summed E-state index contributed by atoms with van der Waals surface area (Å²) in [6.45, 7) is 9.03. The summed E-state index contributed by atoms with van der Waals surface area (Å²) in [6, 6.07) is 5.37. The fourth-order valence-electron chi connectivity index (χ4n) is 4.40. The van der Waals surface area contributed by atoms with Crippen LogP contribution in [0.4, 0.5) is 8.78 Å². The summed E-state index contributed by atoms with van der Waals surface area (Å²) < 4.78 is 35.1. The van der Waals surface area contributed by atoms with Crippen LogP contribution in [-0.2, 0) is 13.0 Å². The van der Waals surface area contributed by atoms with E-state index in [9.17, 15) is 13.6 Å². The van der Waals surface area contributed by atoms with Crippen molar-refractivity contribution in [1.82, 2.24) is 19.0 Å². The zero-order valence-corrected chi connectivity index (χ0v) is 23.2. The second-order valence-corrected chi connectivity index (χ2v) is 11.7. The summed E-state index contributed by atoms with van der Waals surface area (Å²) in [5.41, 5.74) is 1.66. The standard InChI is InChI=1S/C25H34BrClF2N4O2/c1-6-33-22(18-10-8-16(12-25(3,4)5)11-19(18)35-24(28)29)20(27)21(31-33)23(34)30-13-17-9-7-15(2)14-32(17)26/h8,10-11,15,17,24H,6-7,9,12-14H2,1-5H3,(H,30,34)/t15-,17+/m0/s1. The number of hydrogen-bond donors (Lipinski definition) is 1. The van der Waals surface area contributed by atoms with Crippen molar-refractivity contribution in [3.8, 4) is 17.0 Å². The fourth-order valence-corrected chi connectivity index (χ4v) is 5.57. The van der Waals surface area contributed by atoms with Crippen LogP contribution in [0.5, 0.6) is 5.75 Å². The number of alkyl halides is 2. The molecule has 0 bridgehead atoms. The predicted octanol–water partition coefficient (Wildman–Crippen LogP) is 6.55. The lowest BCUT2D eigenvalue weighted by atomic mass is 9.87. The molecule has 1 aromatic heterocycles. The molecular weight excluding hydrogens is 542 g/mol. The Hall–Kier alpha value is -1.71. The van der Waals surface area contributed by atoms with Gasteiger partial charge in [-0.25, -0.2) is 3.93 Å². The highest BCUT2D eigenvalue weighted by molar-refractivity contribution is 9.07. The molecule has 6 nitrogen and oxygen atoms in total. The number of nitrogens with zero attached hydrogens (tertiary/aromatic N) is 3. The molecule has 194 valence electrons. The molecule has 1 aliphatic heterocycles. The van der Waals surface area contributed by atoms with E-state index in [4.69, 9.17) is 16.3 Å². The Morgan fingerprint density at radius 2 is 2.06 bits per heavy atom. The van der Waals surface area contributed by atoms with E-state index >= 15 is 0 Å². The van der Waals surface area contributed by atoms with Crippen LogP contribution in [-0.4, -0.2) is 45.4 Å². The molecule has 0 spiro atoms. The van der Waals surface area contributed by atoms with Crippen molar-refractivity contribution in [2.45, 2.75) is 73.1 Å². The molecule has 0 saturated carbocycles. The number of rotatable bonds is 8. The Kier molecular flexibility index (Phi) is 9.21. The van der Waals surface area contributed by atoms with Crippen molar-refractivity contribution in [2.24, 2.45) is 11.3 Å². The van der Waals surface area contributed by atoms with Gasteiger partial charge in [-0.05, 0) is 55.2 Å². The lowest BCUT2D eigenvalue weighted by Gasteiger charge is -2.34. The minimum absolute atomic E-state index is 0.0106. The van der Waals surface area contributed by atoms with Crippen LogP contribution < -0.4 is 10.1 Å². The van der Waals surface area contributed by atoms with Gasteiger partial charge < -0.3 is 10.1 Å². The number of ether oxygens (including phenoxy) is 1. The number of nitrogens with one attached hydrogen (secondary N) is 1. The molecule has 35 heavy (non-hydrogen) atoms. The van der Waals surface area contributed by atoms with Crippen LogP contribution in [0.1, 0.15) is 63.5 Å². The monoisotopic (exact) mass is 574 g/mol. The molecule has 3 rings (SSSR count). The molecule has 1 fully saturated rings. The third-order valence-electron chi connectivity index (χ3n) is 6.03. The van der Waals surface area contributed by atoms with Crippen LogP contribution in [0, 0.1) is 11.3 Å². The van der Waals surface area contributed by atoms with Crippen LogP contribution in [0.3, 0.4) is 0 Å². The molecule has 1 saturated heterocycles. The average Bonchev–Trinajstić information content (AvgIpc) is 3.08. The van der Waals surface area contributed by atoms with E-state index in [2.05, 4.69) is 58.2 Å². The fraction of sp³-hybridized carbons (Fsp3) is 0.600. The Morgan fingerprint density at radius 1 is 1.34 bits per heavy atom. The normalized spacial score (nSPS) is 19.3. The Morgan fingerprint density at radius 3 is 2.66 bits per heavy atom. The topological polar surface area (TPSA) is 59.4 Å². The molecule has 2 heterocycles. The first kappa shape index (κ1) is 27.9. The van der Waals surface area contributed by atoms with Gasteiger partial charge in [-0.2, -0.15) is 13.9 Å². The van der Waals surface area contributed by atoms with Gasteiger partial charge in [-0.15, -0.1) is 0 Å². The van der Waals surface area contributed by atoms with Gasteiger partial charge in [-0.3, -0.25) is 9.48 Å². The van der Waals surface area contributed by atoms with Crippen LogP contribution in [0.25, 0.3) is 11.3 Å². The van der Waals surface area contributed by atoms with Crippen molar-refractivity contribution < 1.29 is 18.3 Å². The maximum atomic E-state index is 13.3. The van der Waals surface area contributed by atoms with Gasteiger partial charge in [-0.1, -0.05) is 45.4 Å². The summed E-state index contributed by atoms with van der Waals surface area (Å²) in [5.74, 6) is 0.207. The second kappa shape index (κ2) is 11.6. The lowest BCUT2D eigenvalue weighted by molar-refractivity contribution is -0.0495. The first-order chi connectivity index (χ1) is 16.4. The molecule has 1 amide bonds. The van der Waals surface area contributed by atoms with Gasteiger partial charge in [0.15, 0.2) is 5.69 Å². The molecule has 1 aliphatic rings. The number of piperidine rings is 1. The summed E-state index contributed by atoms with van der Waals surface area (Å²) in [4.78, 5) is 13.0. The second-order valence-electron chi connectivity index (χ2n) is 10.4. The van der Waals surface area contributed by atoms with Crippen LogP contribution in [0.2, 0.25) is 5.02 Å². The Labute approximate surface area is 219 Å². The molecule has 2 atom stereocenters. The number of aryl methyl sites for hydroxylation is 1. The highest BCUT2D eigenvalue weighted by Crippen LogP contribution is 2.39. The molecule has 0 radical (unpaired) electrons. The maximum absolute atomic E-state index is 13.3. The number of aromatic nitrogens is 2. The van der Waals surface area contributed by atoms with E-state index in [-0.39, 0.29) is 27.9 Å². The quantitative estimate of drug-likeness (QED) is 0.363. The smallest absolute Gasteiger partial charge is 0.387 e. The number of amides is 1. The number of carbonyl (C=O) groups is 1. The number of halogens is 4. The van der Waals surface area contributed by atoms with Gasteiger partial charge in [0, 0.05) is 47.4 Å². The number of hydrogen-bond acceptors (Lipinski definition) is 4. The molecule has 1 N–H and O–H groups in total. The first-order valence-corrected chi connectivity index (χ1v) is 13.0. The third kappa shape index (κ3) is 7.17. The summed E-state index contributed by atoms with van der Waals surface area (Å²) >= 11 is 10.2. The molecule has 1 aromatic carbocycles. The van der Waals surface area contributed by atoms with E-state index in [0.29, 0.717) is 36.7 Å². The van der Waals surface area contributed by atoms with Gasteiger partial charge in [0.2, 0.25) is 0 Å². The molecule has 0 unspecified atom stereocenters. The Bertz CT molecular complexity index is 1040. The highest BCUT2D eigenvalue weighted by atomic mass is 79.9. The minimum atomic E-state index is -3.00. The maximum Gasteiger partial charge on any atom is 0.387 e. The minimum Gasteiger partial charge on any atom is -0.434 e. The van der Waals surface area contributed by atoms with Crippen molar-refractivity contribution in [3.05, 3.63) is 34.5 Å². The largest absolute Gasteiger partial charge is 0.434 e. The van der Waals surface area contributed by atoms with Crippen molar-refractivity contribution in [3.63, 3.8) is 0 Å². The SMILES string of the molecule is CCn1nc(C(=O)NC[C@H]2CC[C@H](C)CN2Br)c(Cl)c1-c1ccc(CC(C)(C)C)cc1OC(F)F. The predicted molar refractivity (Wildman–Crippen MR) is 138 cm³/mol. The lowest BCUT2D eigenvalue weighted by Crippen LogP contribution is -2.44. The molecule has 2 aromatic rings. The number of carbonyl (C=O) groups excluding carboxylic acids is 1. The van der Waals surface area contributed by atoms with Crippen LogP contribution in [0.15, 0.2) is 18.2 Å². The van der Waals surface area contributed by atoms with E-state index in [1.807, 2.05) is 13.0 Å². The summed E-state index contributed by atoms with van der Waals surface area (Å²) in [7, 11) is 0. The van der Waals surface area contributed by atoms with E-state index in [0.717, 1.165) is 24.9 Å². The zero-order valence-electron chi connectivity index (χ0n) is 20.9. The summed E-state index contributed by atoms with van der Waals surface area (Å²) in [5, 5.41) is 7.45. The molecular formula is C25H34BrClF2N4O2. The average molecular weight is 576 g/mol. The zero-order chi connectivity index (χ0) is 25.9. The third-order valence-corrected chi connectivity index (χ3v) is 7.26. The summed E-state index contributed by atoms with van der Waals surface area (Å²) in [6.07, 6.45) is 2.74.